The third-order valence-electron chi connectivity index (χ3n) is 11.1. The smallest absolute Gasteiger partial charge is 0.343 e. The van der Waals surface area contributed by atoms with Crippen molar-refractivity contribution in [2.45, 2.75) is 51.6 Å². The standard InChI is InChI=1S/C49H44F2N2O4/c1-56-49(55)44-23-18-34(17-20-38-9-5-11-40-25-27-53(47(38)40)32-36-7-3-13-43(51)29-36)30-45(44)57-48(54)41-21-15-33(16-22-41)14-19-37-8-4-10-39-24-26-52(46(37)39)31-35-6-2-12-42(50)28-35/h2-13,15-16,18,21-23,28-30H,14,17,19-20,24-27,31-32H2,1H3. The van der Waals surface area contributed by atoms with Crippen molar-refractivity contribution in [1.82, 2.24) is 0 Å². The number of hydrogen-bond donors (Lipinski definition) is 0. The minimum atomic E-state index is -0.588. The number of para-hydroxylation sites is 2. The Balaban J connectivity index is 0.929. The molecule has 8 rings (SSSR count). The van der Waals surface area contributed by atoms with E-state index in [4.69, 9.17) is 9.47 Å². The largest absolute Gasteiger partial charge is 0.465 e. The molecule has 0 fully saturated rings. The second kappa shape index (κ2) is 16.8. The summed E-state index contributed by atoms with van der Waals surface area (Å²) < 4.78 is 38.8. The van der Waals surface area contributed by atoms with Crippen molar-refractivity contribution in [2.75, 3.05) is 30.0 Å². The van der Waals surface area contributed by atoms with Gasteiger partial charge in [0, 0.05) is 37.6 Å². The number of methoxy groups -OCH3 is 1. The highest BCUT2D eigenvalue weighted by atomic mass is 19.1. The fraction of sp³-hybridized carbons (Fsp3) is 0.224. The van der Waals surface area contributed by atoms with E-state index in [1.807, 2.05) is 30.3 Å². The molecule has 6 aromatic rings. The van der Waals surface area contributed by atoms with Crippen LogP contribution in [-0.4, -0.2) is 32.1 Å². The first-order chi connectivity index (χ1) is 27.8. The zero-order valence-corrected chi connectivity index (χ0v) is 32.0. The first-order valence-corrected chi connectivity index (χ1v) is 19.5. The third-order valence-corrected chi connectivity index (χ3v) is 11.1. The lowest BCUT2D eigenvalue weighted by atomic mass is 9.99. The van der Waals surface area contributed by atoms with Gasteiger partial charge in [-0.05, 0) is 132 Å². The van der Waals surface area contributed by atoms with Gasteiger partial charge in [-0.3, -0.25) is 0 Å². The lowest BCUT2D eigenvalue weighted by molar-refractivity contribution is 0.0593. The summed E-state index contributed by atoms with van der Waals surface area (Å²) in [6, 6.07) is 39.0. The number of fused-ring (bicyclic) bond motifs is 2. The molecule has 0 spiro atoms. The van der Waals surface area contributed by atoms with E-state index in [0.29, 0.717) is 25.1 Å². The van der Waals surface area contributed by atoms with Crippen LogP contribution in [0, 0.1) is 11.6 Å². The summed E-state index contributed by atoms with van der Waals surface area (Å²) in [5, 5.41) is 0. The van der Waals surface area contributed by atoms with Crippen molar-refractivity contribution in [3.8, 4) is 5.75 Å². The number of carbonyl (C=O) groups excluding carboxylic acids is 2. The highest BCUT2D eigenvalue weighted by Crippen LogP contribution is 2.36. The van der Waals surface area contributed by atoms with Crippen LogP contribution in [0.15, 0.2) is 127 Å². The van der Waals surface area contributed by atoms with Gasteiger partial charge in [-0.1, -0.05) is 78.9 Å². The molecule has 57 heavy (non-hydrogen) atoms. The zero-order valence-electron chi connectivity index (χ0n) is 32.0. The minimum Gasteiger partial charge on any atom is -0.465 e. The van der Waals surface area contributed by atoms with Crippen molar-refractivity contribution >= 4 is 23.3 Å². The molecule has 0 radical (unpaired) electrons. The molecule has 0 unspecified atom stereocenters. The van der Waals surface area contributed by atoms with E-state index < -0.39 is 11.9 Å². The molecule has 0 saturated carbocycles. The van der Waals surface area contributed by atoms with Gasteiger partial charge in [-0.15, -0.1) is 0 Å². The predicted molar refractivity (Wildman–Crippen MR) is 219 cm³/mol. The molecule has 6 aromatic carbocycles. The molecule has 2 aliphatic rings. The van der Waals surface area contributed by atoms with E-state index >= 15 is 0 Å². The van der Waals surface area contributed by atoms with E-state index in [0.717, 1.165) is 67.4 Å². The summed E-state index contributed by atoms with van der Waals surface area (Å²) in [5.74, 6) is -1.46. The van der Waals surface area contributed by atoms with Gasteiger partial charge in [0.05, 0.1) is 12.7 Å². The Morgan fingerprint density at radius 3 is 1.63 bits per heavy atom. The molecule has 0 bridgehead atoms. The Labute approximate surface area is 332 Å². The highest BCUT2D eigenvalue weighted by Gasteiger charge is 2.25. The topological polar surface area (TPSA) is 59.1 Å². The maximum absolute atomic E-state index is 13.9. The number of anilines is 2. The third kappa shape index (κ3) is 8.60. The van der Waals surface area contributed by atoms with E-state index in [1.54, 1.807) is 48.5 Å². The SMILES string of the molecule is COC(=O)c1ccc(CCc2cccc3c2N(Cc2cccc(F)c2)CC3)cc1OC(=O)c1ccc(CCc2cccc3c2N(Cc2cccc(F)c2)CC3)cc1. The van der Waals surface area contributed by atoms with Crippen LogP contribution >= 0.6 is 0 Å². The normalized spacial score (nSPS) is 13.0. The molecule has 0 amide bonds. The van der Waals surface area contributed by atoms with Gasteiger partial charge in [0.25, 0.3) is 0 Å². The van der Waals surface area contributed by atoms with Gasteiger partial charge in [0.1, 0.15) is 22.9 Å². The molecular formula is C49H44F2N2O4. The number of hydrogen-bond acceptors (Lipinski definition) is 6. The molecule has 2 heterocycles. The molecule has 0 N–H and O–H groups in total. The van der Waals surface area contributed by atoms with Crippen LogP contribution in [0.2, 0.25) is 0 Å². The number of rotatable bonds is 13. The summed E-state index contributed by atoms with van der Waals surface area (Å²) >= 11 is 0. The second-order valence-electron chi connectivity index (χ2n) is 14.9. The lowest BCUT2D eigenvalue weighted by Gasteiger charge is -2.23. The van der Waals surface area contributed by atoms with E-state index in [2.05, 4.69) is 46.2 Å². The molecule has 288 valence electrons. The van der Waals surface area contributed by atoms with Crippen molar-refractivity contribution in [3.05, 3.63) is 195 Å². The summed E-state index contributed by atoms with van der Waals surface area (Å²) in [4.78, 5) is 30.9. The van der Waals surface area contributed by atoms with Crippen molar-refractivity contribution in [1.29, 1.82) is 0 Å². The first-order valence-electron chi connectivity index (χ1n) is 19.5. The van der Waals surface area contributed by atoms with E-state index in [9.17, 15) is 18.4 Å². The molecule has 0 atom stereocenters. The van der Waals surface area contributed by atoms with Gasteiger partial charge in [0.15, 0.2) is 0 Å². The van der Waals surface area contributed by atoms with E-state index in [-0.39, 0.29) is 22.9 Å². The lowest BCUT2D eigenvalue weighted by Crippen LogP contribution is -2.21. The number of benzene rings is 6. The van der Waals surface area contributed by atoms with Gasteiger partial charge in [-0.25, -0.2) is 18.4 Å². The van der Waals surface area contributed by atoms with Crippen LogP contribution in [0.1, 0.15) is 65.2 Å². The van der Waals surface area contributed by atoms with Crippen LogP contribution in [0.3, 0.4) is 0 Å². The number of ether oxygens (including phenoxy) is 2. The maximum Gasteiger partial charge on any atom is 0.343 e. The Morgan fingerprint density at radius 1 is 0.561 bits per heavy atom. The summed E-state index contributed by atoms with van der Waals surface area (Å²) in [5.41, 5.74) is 11.9. The van der Waals surface area contributed by atoms with Crippen LogP contribution in [0.4, 0.5) is 20.2 Å². The zero-order chi connectivity index (χ0) is 39.3. The van der Waals surface area contributed by atoms with Crippen molar-refractivity contribution in [3.63, 3.8) is 0 Å². The number of nitrogens with zero attached hydrogens (tertiary/aromatic N) is 2. The molecule has 6 nitrogen and oxygen atoms in total. The number of aryl methyl sites for hydroxylation is 4. The predicted octanol–water partition coefficient (Wildman–Crippen LogP) is 9.67. The van der Waals surface area contributed by atoms with Crippen LogP contribution < -0.4 is 14.5 Å². The summed E-state index contributed by atoms with van der Waals surface area (Å²) in [7, 11) is 1.30. The quantitative estimate of drug-likeness (QED) is 0.0863. The van der Waals surface area contributed by atoms with E-state index in [1.165, 1.54) is 52.9 Å². The van der Waals surface area contributed by atoms with Gasteiger partial charge in [-0.2, -0.15) is 0 Å². The first kappa shape index (κ1) is 37.6. The van der Waals surface area contributed by atoms with Gasteiger partial charge in [0.2, 0.25) is 0 Å². The monoisotopic (exact) mass is 762 g/mol. The average molecular weight is 763 g/mol. The summed E-state index contributed by atoms with van der Waals surface area (Å²) in [6.45, 7) is 3.05. The molecular weight excluding hydrogens is 719 g/mol. The van der Waals surface area contributed by atoms with Crippen LogP contribution in [0.5, 0.6) is 5.75 Å². The maximum atomic E-state index is 13.9. The Kier molecular flexibility index (Phi) is 11.1. The number of halogens is 2. The van der Waals surface area contributed by atoms with Crippen LogP contribution in [-0.2, 0) is 56.4 Å². The Morgan fingerprint density at radius 2 is 1.09 bits per heavy atom. The second-order valence-corrected chi connectivity index (χ2v) is 14.9. The van der Waals surface area contributed by atoms with Crippen LogP contribution in [0.25, 0.3) is 0 Å². The van der Waals surface area contributed by atoms with Crippen molar-refractivity contribution < 1.29 is 27.8 Å². The molecule has 2 aliphatic heterocycles. The highest BCUT2D eigenvalue weighted by molar-refractivity contribution is 5.96. The van der Waals surface area contributed by atoms with Gasteiger partial charge < -0.3 is 19.3 Å². The molecule has 0 saturated heterocycles. The Bertz CT molecular complexity index is 2430. The fourth-order valence-corrected chi connectivity index (χ4v) is 8.28. The number of carbonyl (C=O) groups is 2. The molecule has 0 aromatic heterocycles. The molecule has 8 heteroatoms. The average Bonchev–Trinajstić information content (AvgIpc) is 3.83. The van der Waals surface area contributed by atoms with Crippen molar-refractivity contribution in [2.24, 2.45) is 0 Å². The molecule has 0 aliphatic carbocycles. The summed E-state index contributed by atoms with van der Waals surface area (Å²) in [6.07, 6.45) is 4.87. The number of esters is 2. The minimum absolute atomic E-state index is 0.153. The van der Waals surface area contributed by atoms with Gasteiger partial charge >= 0.3 is 11.9 Å². The fourth-order valence-electron chi connectivity index (χ4n) is 8.28. The Hall–Kier alpha value is -6.28.